The summed E-state index contributed by atoms with van der Waals surface area (Å²) in [5.41, 5.74) is 0. The summed E-state index contributed by atoms with van der Waals surface area (Å²) in [4.78, 5) is 10.3. The van der Waals surface area contributed by atoms with Crippen molar-refractivity contribution in [2.45, 2.75) is 51.6 Å². The van der Waals surface area contributed by atoms with Crippen molar-refractivity contribution in [3.63, 3.8) is 0 Å². The summed E-state index contributed by atoms with van der Waals surface area (Å²) in [6.07, 6.45) is 4.21. The Balaban J connectivity index is 2.50. The molecule has 1 aliphatic rings. The first-order valence-corrected chi connectivity index (χ1v) is 5.19. The highest BCUT2D eigenvalue weighted by Gasteiger charge is 2.39. The largest absolute Gasteiger partial charge is 0.478 e. The summed E-state index contributed by atoms with van der Waals surface area (Å²) >= 11 is 0. The van der Waals surface area contributed by atoms with Crippen LogP contribution in [-0.2, 0) is 14.3 Å². The predicted molar refractivity (Wildman–Crippen MR) is 55.5 cm³/mol. The zero-order chi connectivity index (χ0) is 11.5. The van der Waals surface area contributed by atoms with Crippen molar-refractivity contribution >= 4 is 5.97 Å². The van der Waals surface area contributed by atoms with Crippen LogP contribution in [0.2, 0.25) is 0 Å². The average Bonchev–Trinajstić information content (AvgIpc) is 2.40. The van der Waals surface area contributed by atoms with Gasteiger partial charge in [-0.3, -0.25) is 0 Å². The highest BCUT2D eigenvalue weighted by molar-refractivity contribution is 5.79. The van der Waals surface area contributed by atoms with Crippen LogP contribution >= 0.6 is 0 Å². The molecule has 1 fully saturated rings. The van der Waals surface area contributed by atoms with Crippen LogP contribution in [0.5, 0.6) is 0 Å². The Bertz CT molecular complexity index is 257. The fraction of sp³-hybridized carbons (Fsp3) is 0.727. The number of carboxylic acids is 1. The van der Waals surface area contributed by atoms with Crippen LogP contribution in [0.15, 0.2) is 12.2 Å². The summed E-state index contributed by atoms with van der Waals surface area (Å²) in [6, 6.07) is 0. The first-order valence-electron chi connectivity index (χ1n) is 5.19. The molecule has 2 unspecified atom stereocenters. The molecule has 4 nitrogen and oxygen atoms in total. The maximum absolute atomic E-state index is 10.3. The third kappa shape index (κ3) is 3.64. The molecule has 0 amide bonds. The summed E-state index contributed by atoms with van der Waals surface area (Å²) in [5.74, 6) is -1.48. The van der Waals surface area contributed by atoms with Gasteiger partial charge in [0.25, 0.3) is 0 Å². The van der Waals surface area contributed by atoms with Gasteiger partial charge in [0, 0.05) is 6.08 Å². The molecule has 1 saturated heterocycles. The molecular weight excluding hydrogens is 196 g/mol. The molecule has 1 heterocycles. The van der Waals surface area contributed by atoms with Crippen molar-refractivity contribution < 1.29 is 19.4 Å². The summed E-state index contributed by atoms with van der Waals surface area (Å²) in [7, 11) is 0. The molecule has 4 heteroatoms. The van der Waals surface area contributed by atoms with E-state index in [0.29, 0.717) is 6.42 Å². The van der Waals surface area contributed by atoms with Crippen LogP contribution in [0.1, 0.15) is 33.6 Å². The standard InChI is InChI=1S/C11H18O4/c1-4-8-9(6-5-7-10(12)13)15-11(2,3)14-8/h5,7-9H,4,6H2,1-3H3,(H,12,13). The second kappa shape index (κ2) is 4.77. The Morgan fingerprint density at radius 1 is 1.40 bits per heavy atom. The highest BCUT2D eigenvalue weighted by Crippen LogP contribution is 2.31. The summed E-state index contributed by atoms with van der Waals surface area (Å²) in [5, 5.41) is 8.45. The van der Waals surface area contributed by atoms with E-state index in [1.165, 1.54) is 0 Å². The molecule has 0 saturated carbocycles. The van der Waals surface area contributed by atoms with Crippen molar-refractivity contribution in [1.29, 1.82) is 0 Å². The molecule has 0 aromatic rings. The maximum Gasteiger partial charge on any atom is 0.327 e. The quantitative estimate of drug-likeness (QED) is 0.727. The van der Waals surface area contributed by atoms with E-state index in [2.05, 4.69) is 0 Å². The van der Waals surface area contributed by atoms with E-state index in [4.69, 9.17) is 14.6 Å². The fourth-order valence-corrected chi connectivity index (χ4v) is 1.76. The zero-order valence-electron chi connectivity index (χ0n) is 9.40. The van der Waals surface area contributed by atoms with Crippen LogP contribution in [-0.4, -0.2) is 29.1 Å². The molecule has 0 aliphatic carbocycles. The van der Waals surface area contributed by atoms with Crippen molar-refractivity contribution in [2.75, 3.05) is 0 Å². The number of hydrogen-bond donors (Lipinski definition) is 1. The second-order valence-electron chi connectivity index (χ2n) is 4.10. The average molecular weight is 214 g/mol. The van der Waals surface area contributed by atoms with E-state index in [1.807, 2.05) is 20.8 Å². The first kappa shape index (κ1) is 12.2. The minimum Gasteiger partial charge on any atom is -0.478 e. The van der Waals surface area contributed by atoms with Gasteiger partial charge in [-0.2, -0.15) is 0 Å². The van der Waals surface area contributed by atoms with Gasteiger partial charge in [-0.15, -0.1) is 0 Å². The highest BCUT2D eigenvalue weighted by atomic mass is 16.7. The molecule has 0 aromatic heterocycles. The SMILES string of the molecule is CCC1OC(C)(C)OC1CC=CC(=O)O. The van der Waals surface area contributed by atoms with E-state index < -0.39 is 11.8 Å². The van der Waals surface area contributed by atoms with E-state index in [9.17, 15) is 4.79 Å². The maximum atomic E-state index is 10.3. The van der Waals surface area contributed by atoms with Gasteiger partial charge in [-0.1, -0.05) is 13.0 Å². The van der Waals surface area contributed by atoms with E-state index in [-0.39, 0.29) is 12.2 Å². The molecule has 0 aromatic carbocycles. The molecule has 1 N–H and O–H groups in total. The molecule has 86 valence electrons. The van der Waals surface area contributed by atoms with Crippen molar-refractivity contribution in [3.05, 3.63) is 12.2 Å². The van der Waals surface area contributed by atoms with Gasteiger partial charge in [-0.25, -0.2) is 4.79 Å². The minimum atomic E-state index is -0.929. The van der Waals surface area contributed by atoms with Crippen molar-refractivity contribution in [1.82, 2.24) is 0 Å². The number of aliphatic carboxylic acids is 1. The Morgan fingerprint density at radius 3 is 2.53 bits per heavy atom. The van der Waals surface area contributed by atoms with Crippen molar-refractivity contribution in [2.24, 2.45) is 0 Å². The topological polar surface area (TPSA) is 55.8 Å². The lowest BCUT2D eigenvalue weighted by Gasteiger charge is -2.16. The van der Waals surface area contributed by atoms with E-state index >= 15 is 0 Å². The van der Waals surface area contributed by atoms with Gasteiger partial charge in [0.15, 0.2) is 5.79 Å². The lowest BCUT2D eigenvalue weighted by Crippen LogP contribution is -2.21. The zero-order valence-corrected chi connectivity index (χ0v) is 9.40. The number of carbonyl (C=O) groups is 1. The smallest absolute Gasteiger partial charge is 0.327 e. The first-order chi connectivity index (χ1) is 6.94. The van der Waals surface area contributed by atoms with Crippen LogP contribution in [0.4, 0.5) is 0 Å². The minimum absolute atomic E-state index is 0.0411. The van der Waals surface area contributed by atoms with E-state index in [0.717, 1.165) is 12.5 Å². The van der Waals surface area contributed by atoms with Crippen LogP contribution in [0.25, 0.3) is 0 Å². The number of carboxylic acid groups (broad SMARTS) is 1. The number of hydrogen-bond acceptors (Lipinski definition) is 3. The number of ether oxygens (including phenoxy) is 2. The van der Waals surface area contributed by atoms with Gasteiger partial charge in [0.05, 0.1) is 12.2 Å². The van der Waals surface area contributed by atoms with Gasteiger partial charge in [0.1, 0.15) is 0 Å². The Morgan fingerprint density at radius 2 is 2.00 bits per heavy atom. The second-order valence-corrected chi connectivity index (χ2v) is 4.10. The normalized spacial score (nSPS) is 29.8. The lowest BCUT2D eigenvalue weighted by atomic mass is 10.1. The molecule has 15 heavy (non-hydrogen) atoms. The third-order valence-electron chi connectivity index (χ3n) is 2.32. The lowest BCUT2D eigenvalue weighted by molar-refractivity contribution is -0.146. The van der Waals surface area contributed by atoms with Crippen molar-refractivity contribution in [3.8, 4) is 0 Å². The fourth-order valence-electron chi connectivity index (χ4n) is 1.76. The molecule has 0 radical (unpaired) electrons. The van der Waals surface area contributed by atoms with Gasteiger partial charge < -0.3 is 14.6 Å². The van der Waals surface area contributed by atoms with Crippen LogP contribution < -0.4 is 0 Å². The van der Waals surface area contributed by atoms with Crippen LogP contribution in [0.3, 0.4) is 0 Å². The Kier molecular flexibility index (Phi) is 3.88. The van der Waals surface area contributed by atoms with Crippen LogP contribution in [0, 0.1) is 0 Å². The molecule has 0 spiro atoms. The number of rotatable bonds is 4. The molecule has 1 aliphatic heterocycles. The Labute approximate surface area is 89.9 Å². The Hall–Kier alpha value is -0.870. The summed E-state index contributed by atoms with van der Waals surface area (Å²) < 4.78 is 11.3. The van der Waals surface area contributed by atoms with Gasteiger partial charge in [-0.05, 0) is 26.7 Å². The molecule has 1 rings (SSSR count). The molecular formula is C11H18O4. The summed E-state index contributed by atoms with van der Waals surface area (Å²) in [6.45, 7) is 5.77. The van der Waals surface area contributed by atoms with Gasteiger partial charge >= 0.3 is 5.97 Å². The third-order valence-corrected chi connectivity index (χ3v) is 2.32. The predicted octanol–water partition coefficient (Wildman–Crippen LogP) is 1.95. The van der Waals surface area contributed by atoms with E-state index in [1.54, 1.807) is 6.08 Å². The molecule has 0 bridgehead atoms. The van der Waals surface area contributed by atoms with Gasteiger partial charge in [0.2, 0.25) is 0 Å². The monoisotopic (exact) mass is 214 g/mol. The molecule has 2 atom stereocenters.